The fourth-order valence-corrected chi connectivity index (χ4v) is 2.78. The Morgan fingerprint density at radius 3 is 1.17 bits per heavy atom. The number of benzene rings is 2. The summed E-state index contributed by atoms with van der Waals surface area (Å²) in [5, 5.41) is 0. The summed E-state index contributed by atoms with van der Waals surface area (Å²) in [5.41, 5.74) is 0. The third-order valence-electron chi connectivity index (χ3n) is 3.72. The summed E-state index contributed by atoms with van der Waals surface area (Å²) in [6.45, 7) is 4.29. The van der Waals surface area contributed by atoms with Crippen LogP contribution >= 0.6 is 0 Å². The van der Waals surface area contributed by atoms with Gasteiger partial charge < -0.3 is 18.9 Å². The number of para-hydroxylation sites is 4. The van der Waals surface area contributed by atoms with Crippen molar-refractivity contribution >= 4 is 0 Å². The lowest BCUT2D eigenvalue weighted by Gasteiger charge is -2.37. The van der Waals surface area contributed by atoms with E-state index in [-0.39, 0.29) is 0 Å². The highest BCUT2D eigenvalue weighted by molar-refractivity contribution is 5.45. The van der Waals surface area contributed by atoms with Crippen molar-refractivity contribution in [3.63, 3.8) is 0 Å². The van der Waals surface area contributed by atoms with Crippen LogP contribution in [0.1, 0.15) is 13.8 Å². The van der Waals surface area contributed by atoms with Crippen LogP contribution < -0.4 is 18.9 Å². The Bertz CT molecular complexity index is 630. The monoisotopic (exact) mass is 330 g/mol. The van der Waals surface area contributed by atoms with Crippen molar-refractivity contribution in [2.75, 3.05) is 13.2 Å². The van der Waals surface area contributed by atoms with Gasteiger partial charge in [0, 0.05) is 0 Å². The Balaban J connectivity index is 1.77. The second kappa shape index (κ2) is 5.58. The molecule has 0 fully saturated rings. The average Bonchev–Trinajstić information content (AvgIpc) is 3.14. The third kappa shape index (κ3) is 2.11. The molecule has 0 N–H and O–H groups in total. The van der Waals surface area contributed by atoms with Crippen molar-refractivity contribution in [3.8, 4) is 23.0 Å². The molecule has 2 aromatic rings. The van der Waals surface area contributed by atoms with Crippen molar-refractivity contribution in [2.45, 2.75) is 25.8 Å². The number of hydrogen-bond donors (Lipinski definition) is 0. The Kier molecular flexibility index (Phi) is 3.51. The first-order valence-corrected chi connectivity index (χ1v) is 7.94. The summed E-state index contributed by atoms with van der Waals surface area (Å²) < 4.78 is 35.6. The minimum atomic E-state index is -1.71. The second-order valence-electron chi connectivity index (χ2n) is 5.28. The standard InChI is InChI=1S/C18H18O6/c1-3-19-17(21-13-9-5-6-10-14(13)22-17)18(20-4-2)23-15-11-7-8-12-16(15)24-18/h5-12H,3-4H2,1-2H3. The summed E-state index contributed by atoms with van der Waals surface area (Å²) >= 11 is 0. The Labute approximate surface area is 139 Å². The highest BCUT2D eigenvalue weighted by atomic mass is 17.0. The Morgan fingerprint density at radius 2 is 0.917 bits per heavy atom. The quantitative estimate of drug-likeness (QED) is 0.838. The van der Waals surface area contributed by atoms with Gasteiger partial charge in [-0.3, -0.25) is 9.47 Å². The third-order valence-corrected chi connectivity index (χ3v) is 3.72. The van der Waals surface area contributed by atoms with Gasteiger partial charge in [-0.15, -0.1) is 0 Å². The van der Waals surface area contributed by atoms with Crippen molar-refractivity contribution in [2.24, 2.45) is 0 Å². The summed E-state index contributed by atoms with van der Waals surface area (Å²) in [7, 11) is 0. The van der Waals surface area contributed by atoms with Gasteiger partial charge in [-0.25, -0.2) is 0 Å². The van der Waals surface area contributed by atoms with Crippen molar-refractivity contribution in [1.82, 2.24) is 0 Å². The highest BCUT2D eigenvalue weighted by Crippen LogP contribution is 2.51. The average molecular weight is 330 g/mol. The predicted octanol–water partition coefficient (Wildman–Crippen LogP) is 3.31. The van der Waals surface area contributed by atoms with E-state index in [1.807, 2.05) is 38.1 Å². The molecule has 0 atom stereocenters. The topological polar surface area (TPSA) is 55.4 Å². The first kappa shape index (κ1) is 15.1. The van der Waals surface area contributed by atoms with Gasteiger partial charge in [0.05, 0.1) is 13.2 Å². The lowest BCUT2D eigenvalue weighted by Crippen LogP contribution is -2.68. The highest BCUT2D eigenvalue weighted by Gasteiger charge is 2.71. The molecular weight excluding hydrogens is 312 g/mol. The summed E-state index contributed by atoms with van der Waals surface area (Å²) in [6, 6.07) is 14.6. The number of ether oxygens (including phenoxy) is 6. The molecule has 4 rings (SSSR count). The van der Waals surface area contributed by atoms with Crippen LogP contribution in [0.5, 0.6) is 23.0 Å². The largest absolute Gasteiger partial charge is 0.486 e. The lowest BCUT2D eigenvalue weighted by molar-refractivity contribution is -0.471. The molecule has 0 amide bonds. The molecule has 6 heteroatoms. The van der Waals surface area contributed by atoms with E-state index < -0.39 is 11.9 Å². The van der Waals surface area contributed by atoms with Crippen LogP contribution in [0, 0.1) is 0 Å². The van der Waals surface area contributed by atoms with Gasteiger partial charge in [0.1, 0.15) is 0 Å². The van der Waals surface area contributed by atoms with Gasteiger partial charge in [-0.05, 0) is 38.1 Å². The molecule has 2 aromatic carbocycles. The molecule has 0 saturated carbocycles. The van der Waals surface area contributed by atoms with Gasteiger partial charge in [0.25, 0.3) is 0 Å². The van der Waals surface area contributed by atoms with Crippen LogP contribution in [0.15, 0.2) is 48.5 Å². The van der Waals surface area contributed by atoms with Crippen LogP contribution in [0.3, 0.4) is 0 Å². The van der Waals surface area contributed by atoms with Crippen LogP contribution in [-0.4, -0.2) is 25.2 Å². The first-order valence-electron chi connectivity index (χ1n) is 7.94. The van der Waals surface area contributed by atoms with Gasteiger partial charge in [0.2, 0.25) is 0 Å². The van der Waals surface area contributed by atoms with E-state index in [9.17, 15) is 0 Å². The smallest absolute Gasteiger partial charge is 0.418 e. The number of fused-ring (bicyclic) bond motifs is 2. The van der Waals surface area contributed by atoms with E-state index in [4.69, 9.17) is 28.4 Å². The van der Waals surface area contributed by atoms with Crippen LogP contribution in [0.4, 0.5) is 0 Å². The van der Waals surface area contributed by atoms with E-state index in [0.29, 0.717) is 36.2 Å². The molecule has 0 saturated heterocycles. The zero-order chi connectivity index (χ0) is 16.6. The van der Waals surface area contributed by atoms with Crippen LogP contribution in [-0.2, 0) is 9.47 Å². The van der Waals surface area contributed by atoms with Crippen LogP contribution in [0.25, 0.3) is 0 Å². The van der Waals surface area contributed by atoms with Gasteiger partial charge in [-0.1, -0.05) is 24.3 Å². The fraction of sp³-hybridized carbons (Fsp3) is 0.333. The minimum absolute atomic E-state index is 0.311. The first-order chi connectivity index (χ1) is 11.7. The number of hydrogen-bond acceptors (Lipinski definition) is 6. The minimum Gasteiger partial charge on any atom is -0.418 e. The van der Waals surface area contributed by atoms with E-state index >= 15 is 0 Å². The molecule has 0 unspecified atom stereocenters. The Hall–Kier alpha value is -2.44. The lowest BCUT2D eigenvalue weighted by atomic mass is 10.3. The molecule has 126 valence electrons. The molecule has 6 nitrogen and oxygen atoms in total. The maximum absolute atomic E-state index is 5.99. The van der Waals surface area contributed by atoms with E-state index in [1.165, 1.54) is 0 Å². The fourth-order valence-electron chi connectivity index (χ4n) is 2.78. The molecule has 0 aliphatic carbocycles. The van der Waals surface area contributed by atoms with Crippen molar-refractivity contribution in [1.29, 1.82) is 0 Å². The molecule has 0 aromatic heterocycles. The summed E-state index contributed by atoms with van der Waals surface area (Å²) in [4.78, 5) is 0. The molecule has 0 spiro atoms. The van der Waals surface area contributed by atoms with Crippen molar-refractivity contribution in [3.05, 3.63) is 48.5 Å². The van der Waals surface area contributed by atoms with Crippen LogP contribution in [0.2, 0.25) is 0 Å². The molecule has 0 bridgehead atoms. The summed E-state index contributed by atoms with van der Waals surface area (Å²) in [5.74, 6) is -1.27. The van der Waals surface area contributed by atoms with Gasteiger partial charge in [-0.2, -0.15) is 0 Å². The second-order valence-corrected chi connectivity index (χ2v) is 5.28. The number of rotatable bonds is 5. The molecule has 2 aliphatic rings. The summed E-state index contributed by atoms with van der Waals surface area (Å²) in [6.07, 6.45) is 0. The normalized spacial score (nSPS) is 18.6. The maximum atomic E-state index is 5.99. The molecular formula is C18H18O6. The molecule has 2 heterocycles. The molecule has 2 aliphatic heterocycles. The van der Waals surface area contributed by atoms with E-state index in [2.05, 4.69) is 0 Å². The van der Waals surface area contributed by atoms with E-state index in [0.717, 1.165) is 0 Å². The maximum Gasteiger partial charge on any atom is 0.486 e. The van der Waals surface area contributed by atoms with Gasteiger partial charge >= 0.3 is 11.9 Å². The molecule has 24 heavy (non-hydrogen) atoms. The van der Waals surface area contributed by atoms with Gasteiger partial charge in [0.15, 0.2) is 23.0 Å². The zero-order valence-corrected chi connectivity index (χ0v) is 13.5. The SMILES string of the molecule is CCOC1(C2(OCC)Oc3ccccc3O2)Oc2ccccc2O1. The Morgan fingerprint density at radius 1 is 0.625 bits per heavy atom. The molecule has 0 radical (unpaired) electrons. The van der Waals surface area contributed by atoms with E-state index in [1.54, 1.807) is 24.3 Å². The van der Waals surface area contributed by atoms with Crippen molar-refractivity contribution < 1.29 is 28.4 Å². The predicted molar refractivity (Wildman–Crippen MR) is 84.1 cm³/mol. The zero-order valence-electron chi connectivity index (χ0n) is 13.5.